The average Bonchev–Trinajstić information content (AvgIpc) is 2.88. The Hall–Kier alpha value is -1.79. The maximum atomic E-state index is 12.8. The summed E-state index contributed by atoms with van der Waals surface area (Å²) in [4.78, 5) is 10.2. The molecule has 0 spiro atoms. The first-order valence-corrected chi connectivity index (χ1v) is 7.12. The van der Waals surface area contributed by atoms with Crippen LogP contribution in [-0.4, -0.2) is 11.0 Å². The van der Waals surface area contributed by atoms with E-state index in [1.54, 1.807) is 23.6 Å². The fourth-order valence-corrected chi connectivity index (χ4v) is 2.62. The van der Waals surface area contributed by atoms with Gasteiger partial charge in [-0.1, -0.05) is 23.5 Å². The number of nitro groups is 1. The minimum absolute atomic E-state index is 0.160. The first-order valence-electron chi connectivity index (χ1n) is 6.24. The molecular formula is C14H15FN2O2S. The Bertz CT molecular complexity index is 583. The molecule has 6 heteroatoms. The number of thiophene rings is 1. The summed E-state index contributed by atoms with van der Waals surface area (Å²) < 4.78 is 12.8. The first-order chi connectivity index (χ1) is 9.54. The van der Waals surface area contributed by atoms with Gasteiger partial charge in [0.25, 0.3) is 0 Å². The maximum Gasteiger partial charge on any atom is 0.324 e. The maximum absolute atomic E-state index is 12.8. The predicted molar refractivity (Wildman–Crippen MR) is 77.4 cm³/mol. The molecule has 0 aliphatic carbocycles. The number of benzene rings is 1. The Morgan fingerprint density at radius 1 is 1.35 bits per heavy atom. The fraction of sp³-hybridized carbons (Fsp3) is 0.286. The average molecular weight is 294 g/mol. The molecule has 2 aromatic rings. The van der Waals surface area contributed by atoms with Gasteiger partial charge < -0.3 is 5.32 Å². The van der Waals surface area contributed by atoms with Crippen LogP contribution >= 0.6 is 11.3 Å². The van der Waals surface area contributed by atoms with E-state index in [1.165, 1.54) is 12.1 Å². The second kappa shape index (κ2) is 6.58. The van der Waals surface area contributed by atoms with Crippen LogP contribution in [0.5, 0.6) is 0 Å². The number of halogens is 1. The molecule has 1 heterocycles. The third-order valence-corrected chi connectivity index (χ3v) is 3.86. The summed E-state index contributed by atoms with van der Waals surface area (Å²) in [7, 11) is 0. The Morgan fingerprint density at radius 3 is 2.65 bits per heavy atom. The standard InChI is InChI=1S/C14H15FN2O2S/c1-10(6-11-2-4-13(15)5-3-11)16-8-12-7-14(17(18)19)20-9-12/h2-5,7,9-10,16H,6,8H2,1H3. The Balaban J connectivity index is 1.83. The lowest BCUT2D eigenvalue weighted by Crippen LogP contribution is -2.27. The van der Waals surface area contributed by atoms with Crippen molar-refractivity contribution in [2.45, 2.75) is 25.9 Å². The zero-order chi connectivity index (χ0) is 14.5. The highest BCUT2D eigenvalue weighted by Gasteiger charge is 2.10. The van der Waals surface area contributed by atoms with E-state index in [0.29, 0.717) is 6.54 Å². The molecular weight excluding hydrogens is 279 g/mol. The second-order valence-electron chi connectivity index (χ2n) is 4.66. The molecule has 0 aliphatic rings. The van der Waals surface area contributed by atoms with Crippen LogP contribution in [0, 0.1) is 15.9 Å². The van der Waals surface area contributed by atoms with E-state index >= 15 is 0 Å². The van der Waals surface area contributed by atoms with Crippen molar-refractivity contribution in [2.24, 2.45) is 0 Å². The summed E-state index contributed by atoms with van der Waals surface area (Å²) in [6.45, 7) is 2.62. The van der Waals surface area contributed by atoms with Crippen LogP contribution < -0.4 is 5.32 Å². The van der Waals surface area contributed by atoms with E-state index in [-0.39, 0.29) is 21.8 Å². The summed E-state index contributed by atoms with van der Waals surface area (Å²) in [5.74, 6) is -0.236. The molecule has 1 aromatic heterocycles. The van der Waals surface area contributed by atoms with E-state index in [1.807, 2.05) is 6.92 Å². The number of hydrogen-bond acceptors (Lipinski definition) is 4. The molecule has 0 aliphatic heterocycles. The van der Waals surface area contributed by atoms with Crippen LogP contribution in [0.3, 0.4) is 0 Å². The Morgan fingerprint density at radius 2 is 2.05 bits per heavy atom. The SMILES string of the molecule is CC(Cc1ccc(F)cc1)NCc1csc([N+](=O)[O-])c1. The minimum atomic E-state index is -0.379. The third-order valence-electron chi connectivity index (χ3n) is 2.93. The van der Waals surface area contributed by atoms with Gasteiger partial charge in [0.05, 0.1) is 4.92 Å². The largest absolute Gasteiger partial charge is 0.324 e. The van der Waals surface area contributed by atoms with Gasteiger partial charge in [-0.05, 0) is 36.6 Å². The summed E-state index contributed by atoms with van der Waals surface area (Å²) in [6.07, 6.45) is 0.784. The van der Waals surface area contributed by atoms with Crippen LogP contribution in [0.15, 0.2) is 35.7 Å². The summed E-state index contributed by atoms with van der Waals surface area (Å²) >= 11 is 1.13. The topological polar surface area (TPSA) is 55.2 Å². The molecule has 2 rings (SSSR count). The van der Waals surface area contributed by atoms with Gasteiger partial charge in [-0.3, -0.25) is 10.1 Å². The van der Waals surface area contributed by atoms with Gasteiger partial charge in [0, 0.05) is 24.0 Å². The lowest BCUT2D eigenvalue weighted by atomic mass is 10.1. The molecule has 106 valence electrons. The van der Waals surface area contributed by atoms with E-state index in [9.17, 15) is 14.5 Å². The van der Waals surface area contributed by atoms with E-state index < -0.39 is 0 Å². The normalized spacial score (nSPS) is 12.3. The molecule has 0 saturated heterocycles. The van der Waals surface area contributed by atoms with Gasteiger partial charge in [-0.2, -0.15) is 0 Å². The van der Waals surface area contributed by atoms with Crippen molar-refractivity contribution in [2.75, 3.05) is 0 Å². The van der Waals surface area contributed by atoms with Gasteiger partial charge >= 0.3 is 5.00 Å². The number of hydrogen-bond donors (Lipinski definition) is 1. The Labute approximate surface area is 120 Å². The van der Waals surface area contributed by atoms with Crippen molar-refractivity contribution < 1.29 is 9.31 Å². The zero-order valence-electron chi connectivity index (χ0n) is 11.0. The molecule has 20 heavy (non-hydrogen) atoms. The lowest BCUT2D eigenvalue weighted by molar-refractivity contribution is -0.380. The van der Waals surface area contributed by atoms with E-state index in [0.717, 1.165) is 28.9 Å². The predicted octanol–water partition coefficient (Wildman–Crippen LogP) is 3.52. The molecule has 0 bridgehead atoms. The smallest absolute Gasteiger partial charge is 0.310 e. The highest BCUT2D eigenvalue weighted by atomic mass is 32.1. The molecule has 1 aromatic carbocycles. The van der Waals surface area contributed by atoms with Gasteiger partial charge in [0.1, 0.15) is 5.82 Å². The number of nitrogens with one attached hydrogen (secondary N) is 1. The minimum Gasteiger partial charge on any atom is -0.310 e. The van der Waals surface area contributed by atoms with Gasteiger partial charge in [-0.15, -0.1) is 0 Å². The third kappa shape index (κ3) is 4.11. The fourth-order valence-electron chi connectivity index (χ4n) is 1.89. The van der Waals surface area contributed by atoms with E-state index in [4.69, 9.17) is 0 Å². The van der Waals surface area contributed by atoms with Gasteiger partial charge in [0.15, 0.2) is 0 Å². The van der Waals surface area contributed by atoms with Crippen LogP contribution in [0.1, 0.15) is 18.1 Å². The van der Waals surface area contributed by atoms with Crippen LogP contribution in [-0.2, 0) is 13.0 Å². The molecule has 0 amide bonds. The van der Waals surface area contributed by atoms with E-state index in [2.05, 4.69) is 5.32 Å². The van der Waals surface area contributed by atoms with Crippen molar-refractivity contribution in [3.05, 3.63) is 62.8 Å². The van der Waals surface area contributed by atoms with Crippen molar-refractivity contribution >= 4 is 16.3 Å². The van der Waals surface area contributed by atoms with Crippen LogP contribution in [0.4, 0.5) is 9.39 Å². The quantitative estimate of drug-likeness (QED) is 0.655. The van der Waals surface area contributed by atoms with Crippen molar-refractivity contribution in [3.8, 4) is 0 Å². The molecule has 1 N–H and O–H groups in total. The zero-order valence-corrected chi connectivity index (χ0v) is 11.8. The monoisotopic (exact) mass is 294 g/mol. The van der Waals surface area contributed by atoms with Crippen LogP contribution in [0.25, 0.3) is 0 Å². The molecule has 0 fully saturated rings. The molecule has 4 nitrogen and oxygen atoms in total. The molecule has 0 saturated carbocycles. The van der Waals surface area contributed by atoms with Gasteiger partial charge in [0.2, 0.25) is 0 Å². The molecule has 1 atom stereocenters. The summed E-state index contributed by atoms with van der Waals surface area (Å²) in [6, 6.07) is 8.22. The van der Waals surface area contributed by atoms with Crippen molar-refractivity contribution in [3.63, 3.8) is 0 Å². The summed E-state index contributed by atoms with van der Waals surface area (Å²) in [5.41, 5.74) is 1.97. The molecule has 0 radical (unpaired) electrons. The number of rotatable bonds is 6. The second-order valence-corrected chi connectivity index (χ2v) is 5.55. The highest BCUT2D eigenvalue weighted by molar-refractivity contribution is 7.13. The number of nitrogens with zero attached hydrogens (tertiary/aromatic N) is 1. The molecule has 1 unspecified atom stereocenters. The van der Waals surface area contributed by atoms with Crippen LogP contribution in [0.2, 0.25) is 0 Å². The van der Waals surface area contributed by atoms with Crippen molar-refractivity contribution in [1.82, 2.24) is 5.32 Å². The lowest BCUT2D eigenvalue weighted by Gasteiger charge is -2.13. The Kier molecular flexibility index (Phi) is 4.81. The first kappa shape index (κ1) is 14.6. The van der Waals surface area contributed by atoms with Gasteiger partial charge in [-0.25, -0.2) is 4.39 Å². The van der Waals surface area contributed by atoms with Crippen molar-refractivity contribution in [1.29, 1.82) is 0 Å². The highest BCUT2D eigenvalue weighted by Crippen LogP contribution is 2.22. The summed E-state index contributed by atoms with van der Waals surface area (Å²) in [5, 5.41) is 15.8.